The van der Waals surface area contributed by atoms with Gasteiger partial charge in [-0.25, -0.2) is 4.39 Å². The minimum atomic E-state index is -1.05. The van der Waals surface area contributed by atoms with Crippen LogP contribution < -0.4 is 0 Å². The molecule has 0 spiro atoms. The zero-order chi connectivity index (χ0) is 14.8. The lowest BCUT2D eigenvalue weighted by Crippen LogP contribution is -2.02. The monoisotopic (exact) mass is 302 g/mol. The average molecular weight is 303 g/mol. The molecule has 0 amide bonds. The van der Waals surface area contributed by atoms with Crippen molar-refractivity contribution in [1.29, 1.82) is 0 Å². The summed E-state index contributed by atoms with van der Waals surface area (Å²) in [5.74, 6) is -0.446. The molecule has 3 nitrogen and oxygen atoms in total. The highest BCUT2D eigenvalue weighted by Gasteiger charge is 2.20. The minimum absolute atomic E-state index is 0.309. The van der Waals surface area contributed by atoms with Gasteiger partial charge in [-0.2, -0.15) is 5.10 Å². The first-order valence-corrected chi connectivity index (χ1v) is 6.76. The number of hydrogen-bond acceptors (Lipinski definition) is 2. The van der Waals surface area contributed by atoms with Crippen molar-refractivity contribution in [3.63, 3.8) is 0 Å². The van der Waals surface area contributed by atoms with Gasteiger partial charge in [0.05, 0.1) is 11.9 Å². The molecule has 106 valence electrons. The standard InChI is InChI=1S/C16H12ClFN2O/c17-14-7-6-11(18)8-12(14)16(21)13-9-19-20-15(13)10-4-2-1-3-5-10/h1-9,16,21H,(H,19,20). The van der Waals surface area contributed by atoms with E-state index in [-0.39, 0.29) is 0 Å². The van der Waals surface area contributed by atoms with Crippen molar-refractivity contribution in [3.8, 4) is 11.3 Å². The molecule has 0 fully saturated rings. The van der Waals surface area contributed by atoms with Crippen LogP contribution in [0.5, 0.6) is 0 Å². The highest BCUT2D eigenvalue weighted by atomic mass is 35.5. The molecule has 0 saturated carbocycles. The number of benzene rings is 2. The van der Waals surface area contributed by atoms with Gasteiger partial charge < -0.3 is 5.11 Å². The second-order valence-corrected chi connectivity index (χ2v) is 5.04. The van der Waals surface area contributed by atoms with Gasteiger partial charge in [-0.1, -0.05) is 41.9 Å². The van der Waals surface area contributed by atoms with E-state index in [4.69, 9.17) is 11.6 Å². The van der Waals surface area contributed by atoms with Crippen molar-refractivity contribution in [2.24, 2.45) is 0 Å². The fraction of sp³-hybridized carbons (Fsp3) is 0.0625. The van der Waals surface area contributed by atoms with Crippen molar-refractivity contribution >= 4 is 11.6 Å². The van der Waals surface area contributed by atoms with Crippen molar-refractivity contribution in [2.45, 2.75) is 6.10 Å². The Labute approximate surface area is 126 Å². The number of aromatic amines is 1. The lowest BCUT2D eigenvalue weighted by molar-refractivity contribution is 0.220. The summed E-state index contributed by atoms with van der Waals surface area (Å²) in [5, 5.41) is 17.7. The van der Waals surface area contributed by atoms with E-state index < -0.39 is 11.9 Å². The van der Waals surface area contributed by atoms with Gasteiger partial charge in [-0.15, -0.1) is 0 Å². The topological polar surface area (TPSA) is 48.9 Å². The van der Waals surface area contributed by atoms with E-state index in [1.807, 2.05) is 30.3 Å². The van der Waals surface area contributed by atoms with Gasteiger partial charge in [0, 0.05) is 16.1 Å². The largest absolute Gasteiger partial charge is 0.383 e. The summed E-state index contributed by atoms with van der Waals surface area (Å²) in [7, 11) is 0. The number of halogens is 2. The maximum atomic E-state index is 13.4. The molecule has 2 aromatic carbocycles. The predicted molar refractivity (Wildman–Crippen MR) is 79.5 cm³/mol. The van der Waals surface area contributed by atoms with Crippen LogP contribution in [0.4, 0.5) is 4.39 Å². The van der Waals surface area contributed by atoms with Crippen molar-refractivity contribution < 1.29 is 9.50 Å². The van der Waals surface area contributed by atoms with E-state index >= 15 is 0 Å². The third-order valence-electron chi connectivity index (χ3n) is 3.28. The second-order valence-electron chi connectivity index (χ2n) is 4.63. The number of nitrogens with zero attached hydrogens (tertiary/aromatic N) is 1. The van der Waals surface area contributed by atoms with E-state index in [2.05, 4.69) is 10.2 Å². The number of H-pyrrole nitrogens is 1. The first-order chi connectivity index (χ1) is 10.2. The molecular formula is C16H12ClFN2O. The molecule has 0 bridgehead atoms. The first kappa shape index (κ1) is 13.8. The Morgan fingerprint density at radius 1 is 1.10 bits per heavy atom. The second kappa shape index (κ2) is 5.68. The zero-order valence-electron chi connectivity index (χ0n) is 10.9. The smallest absolute Gasteiger partial charge is 0.123 e. The summed E-state index contributed by atoms with van der Waals surface area (Å²) in [5.41, 5.74) is 2.43. The summed E-state index contributed by atoms with van der Waals surface area (Å²) in [6.07, 6.45) is 0.468. The number of nitrogens with one attached hydrogen (secondary N) is 1. The molecule has 1 aromatic heterocycles. The van der Waals surface area contributed by atoms with Crippen LogP contribution in [0.15, 0.2) is 54.7 Å². The zero-order valence-corrected chi connectivity index (χ0v) is 11.7. The third kappa shape index (κ3) is 2.68. The van der Waals surface area contributed by atoms with Crippen LogP contribution in [-0.2, 0) is 0 Å². The highest BCUT2D eigenvalue weighted by Crippen LogP contribution is 2.33. The molecule has 21 heavy (non-hydrogen) atoms. The van der Waals surface area contributed by atoms with E-state index in [0.29, 0.717) is 21.8 Å². The molecule has 1 heterocycles. The van der Waals surface area contributed by atoms with Gasteiger partial charge in [-0.05, 0) is 23.8 Å². The average Bonchev–Trinajstić information content (AvgIpc) is 2.99. The van der Waals surface area contributed by atoms with Crippen molar-refractivity contribution in [1.82, 2.24) is 10.2 Å². The SMILES string of the molecule is OC(c1cc(F)ccc1Cl)c1cn[nH]c1-c1ccccc1. The molecule has 0 aliphatic rings. The van der Waals surface area contributed by atoms with Gasteiger partial charge in [0.15, 0.2) is 0 Å². The minimum Gasteiger partial charge on any atom is -0.383 e. The molecule has 1 atom stereocenters. The number of aliphatic hydroxyl groups is 1. The van der Waals surface area contributed by atoms with Gasteiger partial charge in [-0.3, -0.25) is 5.10 Å². The molecule has 3 aromatic rings. The summed E-state index contributed by atoms with van der Waals surface area (Å²) in [6, 6.07) is 13.4. The molecular weight excluding hydrogens is 291 g/mol. The Morgan fingerprint density at radius 3 is 2.62 bits per heavy atom. The summed E-state index contributed by atoms with van der Waals surface area (Å²) >= 11 is 6.05. The van der Waals surface area contributed by atoms with Crippen molar-refractivity contribution in [2.75, 3.05) is 0 Å². The number of aromatic nitrogens is 2. The number of hydrogen-bond donors (Lipinski definition) is 2. The van der Waals surface area contributed by atoms with E-state index in [0.717, 1.165) is 5.56 Å². The molecule has 2 N–H and O–H groups in total. The normalized spacial score (nSPS) is 12.3. The van der Waals surface area contributed by atoms with Crippen LogP contribution in [0.25, 0.3) is 11.3 Å². The Morgan fingerprint density at radius 2 is 1.86 bits per heavy atom. The van der Waals surface area contributed by atoms with Gasteiger partial charge in [0.1, 0.15) is 11.9 Å². The van der Waals surface area contributed by atoms with Crippen LogP contribution in [0.1, 0.15) is 17.2 Å². The van der Waals surface area contributed by atoms with Gasteiger partial charge in [0.25, 0.3) is 0 Å². The Balaban J connectivity index is 2.06. The summed E-state index contributed by atoms with van der Waals surface area (Å²) < 4.78 is 13.4. The molecule has 1 unspecified atom stereocenters. The van der Waals surface area contributed by atoms with Gasteiger partial charge in [0.2, 0.25) is 0 Å². The quantitative estimate of drug-likeness (QED) is 0.769. The maximum absolute atomic E-state index is 13.4. The fourth-order valence-electron chi connectivity index (χ4n) is 2.23. The third-order valence-corrected chi connectivity index (χ3v) is 3.62. The summed E-state index contributed by atoms with van der Waals surface area (Å²) in [6.45, 7) is 0. The van der Waals surface area contributed by atoms with Crippen LogP contribution in [0, 0.1) is 5.82 Å². The molecule has 0 radical (unpaired) electrons. The lowest BCUT2D eigenvalue weighted by atomic mass is 9.99. The molecule has 5 heteroatoms. The van der Waals surface area contributed by atoms with E-state index in [1.165, 1.54) is 24.4 Å². The van der Waals surface area contributed by atoms with E-state index in [1.54, 1.807) is 0 Å². The Hall–Kier alpha value is -2.17. The molecule has 0 aliphatic heterocycles. The number of aliphatic hydroxyl groups excluding tert-OH is 1. The Kier molecular flexibility index (Phi) is 3.73. The first-order valence-electron chi connectivity index (χ1n) is 6.38. The molecule has 0 aliphatic carbocycles. The van der Waals surface area contributed by atoms with Crippen LogP contribution in [0.2, 0.25) is 5.02 Å². The highest BCUT2D eigenvalue weighted by molar-refractivity contribution is 6.31. The number of rotatable bonds is 3. The van der Waals surface area contributed by atoms with Crippen LogP contribution >= 0.6 is 11.6 Å². The molecule has 3 rings (SSSR count). The van der Waals surface area contributed by atoms with Crippen molar-refractivity contribution in [3.05, 3.63) is 76.7 Å². The van der Waals surface area contributed by atoms with Gasteiger partial charge >= 0.3 is 0 Å². The molecule has 0 saturated heterocycles. The van der Waals surface area contributed by atoms with Crippen LogP contribution in [-0.4, -0.2) is 15.3 Å². The fourth-order valence-corrected chi connectivity index (χ4v) is 2.45. The predicted octanol–water partition coefficient (Wildman–Crippen LogP) is 3.95. The maximum Gasteiger partial charge on any atom is 0.123 e. The van der Waals surface area contributed by atoms with E-state index in [9.17, 15) is 9.50 Å². The van der Waals surface area contributed by atoms with Crippen LogP contribution in [0.3, 0.4) is 0 Å². The Bertz CT molecular complexity index is 758. The summed E-state index contributed by atoms with van der Waals surface area (Å²) in [4.78, 5) is 0. The lowest BCUT2D eigenvalue weighted by Gasteiger charge is -2.13.